The molecule has 2 aliphatic rings. The van der Waals surface area contributed by atoms with E-state index in [4.69, 9.17) is 54.7 Å². The molecule has 11 heteroatoms. The summed E-state index contributed by atoms with van der Waals surface area (Å²) >= 11 is 12.5. The first-order valence-corrected chi connectivity index (χ1v) is 11.5. The fraction of sp³-hybridized carbons (Fsp3) is 0.391. The number of methoxy groups -OCH3 is 2. The summed E-state index contributed by atoms with van der Waals surface area (Å²) in [5.41, 5.74) is 1.64. The maximum absolute atomic E-state index is 6.35. The predicted molar refractivity (Wildman–Crippen MR) is 130 cm³/mol. The zero-order valence-electron chi connectivity index (χ0n) is 18.6. The molecular weight excluding hydrogens is 480 g/mol. The second kappa shape index (κ2) is 9.75. The van der Waals surface area contributed by atoms with Crippen LogP contribution in [0.15, 0.2) is 30.6 Å². The molecule has 34 heavy (non-hydrogen) atoms. The second-order valence-electron chi connectivity index (χ2n) is 8.14. The van der Waals surface area contributed by atoms with Gasteiger partial charge in [-0.2, -0.15) is 0 Å². The quantitative estimate of drug-likeness (QED) is 0.494. The molecule has 0 spiro atoms. The Morgan fingerprint density at radius 1 is 1.06 bits per heavy atom. The van der Waals surface area contributed by atoms with Gasteiger partial charge >= 0.3 is 0 Å². The highest BCUT2D eigenvalue weighted by atomic mass is 35.5. The molecule has 2 saturated heterocycles. The van der Waals surface area contributed by atoms with E-state index in [1.807, 2.05) is 12.1 Å². The Morgan fingerprint density at radius 2 is 1.88 bits per heavy atom. The van der Waals surface area contributed by atoms with Crippen molar-refractivity contribution in [2.45, 2.75) is 18.3 Å². The lowest BCUT2D eigenvalue weighted by Crippen LogP contribution is -2.32. The van der Waals surface area contributed by atoms with Gasteiger partial charge in [-0.1, -0.05) is 34.7 Å². The summed E-state index contributed by atoms with van der Waals surface area (Å²) in [4.78, 5) is 8.76. The minimum absolute atomic E-state index is 0.0442. The predicted octanol–water partition coefficient (Wildman–Crippen LogP) is 3.29. The number of aromatic nitrogens is 2. The van der Waals surface area contributed by atoms with E-state index in [9.17, 15) is 0 Å². The van der Waals surface area contributed by atoms with Gasteiger partial charge in [-0.05, 0) is 12.1 Å². The lowest BCUT2D eigenvalue weighted by atomic mass is 9.96. The van der Waals surface area contributed by atoms with Gasteiger partial charge < -0.3 is 29.0 Å². The van der Waals surface area contributed by atoms with Crippen LogP contribution < -0.4 is 20.3 Å². The Kier molecular flexibility index (Phi) is 6.73. The minimum Gasteiger partial charge on any atom is -0.493 e. The fourth-order valence-electron chi connectivity index (χ4n) is 4.31. The third kappa shape index (κ3) is 4.27. The van der Waals surface area contributed by atoms with Crippen LogP contribution in [-0.2, 0) is 14.2 Å². The van der Waals surface area contributed by atoms with Crippen LogP contribution in [-0.4, -0.2) is 70.2 Å². The molecule has 2 aliphatic heterocycles. The summed E-state index contributed by atoms with van der Waals surface area (Å²) in [6, 6.07) is 7.05. The molecule has 1 N–H and O–H groups in total. The Bertz CT molecular complexity index is 1220. The first kappa shape index (κ1) is 23.4. The third-order valence-electron chi connectivity index (χ3n) is 6.15. The van der Waals surface area contributed by atoms with Gasteiger partial charge in [-0.15, -0.1) is 0 Å². The second-order valence-corrected chi connectivity index (χ2v) is 8.89. The van der Waals surface area contributed by atoms with Crippen LogP contribution in [0.4, 0.5) is 11.5 Å². The van der Waals surface area contributed by atoms with Gasteiger partial charge in [0.25, 0.3) is 0 Å². The average Bonchev–Trinajstić information content (AvgIpc) is 3.44. The molecule has 3 heterocycles. The van der Waals surface area contributed by atoms with E-state index in [-0.39, 0.29) is 29.3 Å². The van der Waals surface area contributed by atoms with E-state index < -0.39 is 0 Å². The van der Waals surface area contributed by atoms with Crippen molar-refractivity contribution in [2.75, 3.05) is 39.4 Å². The monoisotopic (exact) mass is 501 g/mol. The van der Waals surface area contributed by atoms with E-state index in [2.05, 4.69) is 15.3 Å². The van der Waals surface area contributed by atoms with Gasteiger partial charge in [-0.3, -0.25) is 0 Å². The van der Waals surface area contributed by atoms with Crippen molar-refractivity contribution in [1.82, 2.24) is 9.97 Å². The molecular formula is C23H22BCl2N3O5. The SMILES string of the molecule is [B]c1ccc(Nc2ncnc3cc(OC[C@@H]4CO[C@H]5[C@@H]4OC[C@@H]5OC)c(OC)cc23)c(Cl)c1Cl. The van der Waals surface area contributed by atoms with Crippen LogP contribution in [0.25, 0.3) is 10.9 Å². The summed E-state index contributed by atoms with van der Waals surface area (Å²) < 4.78 is 29.0. The topological polar surface area (TPSA) is 84.0 Å². The van der Waals surface area contributed by atoms with E-state index in [0.717, 1.165) is 5.39 Å². The molecule has 0 aliphatic carbocycles. The van der Waals surface area contributed by atoms with Gasteiger partial charge in [0, 0.05) is 24.5 Å². The van der Waals surface area contributed by atoms with Crippen molar-refractivity contribution in [3.63, 3.8) is 0 Å². The zero-order valence-corrected chi connectivity index (χ0v) is 20.1. The Morgan fingerprint density at radius 3 is 2.68 bits per heavy atom. The summed E-state index contributed by atoms with van der Waals surface area (Å²) in [6.45, 7) is 1.49. The molecule has 0 unspecified atom stereocenters. The van der Waals surface area contributed by atoms with Crippen molar-refractivity contribution in [2.24, 2.45) is 5.92 Å². The molecule has 0 bridgehead atoms. The number of halogens is 2. The molecule has 0 amide bonds. The summed E-state index contributed by atoms with van der Waals surface area (Å²) in [6.07, 6.45) is 1.30. The number of nitrogens with zero attached hydrogens (tertiary/aromatic N) is 2. The summed E-state index contributed by atoms with van der Waals surface area (Å²) in [7, 11) is 9.08. The number of ether oxygens (including phenoxy) is 5. The molecule has 2 aromatic carbocycles. The van der Waals surface area contributed by atoms with Crippen LogP contribution in [0.2, 0.25) is 10.0 Å². The van der Waals surface area contributed by atoms with Crippen molar-refractivity contribution in [1.29, 1.82) is 0 Å². The average molecular weight is 502 g/mol. The van der Waals surface area contributed by atoms with Crippen molar-refractivity contribution in [3.8, 4) is 11.5 Å². The lowest BCUT2D eigenvalue weighted by Gasteiger charge is -2.18. The van der Waals surface area contributed by atoms with Gasteiger partial charge in [-0.25, -0.2) is 9.97 Å². The third-order valence-corrected chi connectivity index (χ3v) is 7.05. The molecule has 3 aromatic rings. The highest BCUT2D eigenvalue weighted by molar-refractivity contribution is 6.51. The molecule has 0 saturated carbocycles. The smallest absolute Gasteiger partial charge is 0.163 e. The van der Waals surface area contributed by atoms with E-state index in [1.54, 1.807) is 26.4 Å². The largest absolute Gasteiger partial charge is 0.493 e. The zero-order chi connectivity index (χ0) is 23.8. The Labute approximate surface area is 208 Å². The van der Waals surface area contributed by atoms with Crippen LogP contribution in [0.3, 0.4) is 0 Å². The van der Waals surface area contributed by atoms with Gasteiger partial charge in [0.2, 0.25) is 0 Å². The van der Waals surface area contributed by atoms with Gasteiger partial charge in [0.1, 0.15) is 32.2 Å². The van der Waals surface area contributed by atoms with Gasteiger partial charge in [0.15, 0.2) is 11.5 Å². The number of hydrogen-bond donors (Lipinski definition) is 1. The first-order chi connectivity index (χ1) is 16.5. The molecule has 5 rings (SSSR count). The highest BCUT2D eigenvalue weighted by Crippen LogP contribution is 2.38. The minimum atomic E-state index is -0.0628. The Balaban J connectivity index is 1.38. The normalized spacial score (nSPS) is 23.8. The number of rotatable bonds is 7. The summed E-state index contributed by atoms with van der Waals surface area (Å²) in [5.74, 6) is 1.74. The molecule has 2 fully saturated rings. The number of benzene rings is 2. The van der Waals surface area contributed by atoms with E-state index in [0.29, 0.717) is 58.8 Å². The van der Waals surface area contributed by atoms with E-state index in [1.165, 1.54) is 6.33 Å². The van der Waals surface area contributed by atoms with Crippen LogP contribution in [0.1, 0.15) is 0 Å². The molecule has 1 aromatic heterocycles. The van der Waals surface area contributed by atoms with Crippen LogP contribution in [0, 0.1) is 5.92 Å². The molecule has 4 atom stereocenters. The Hall–Kier alpha value is -2.30. The van der Waals surface area contributed by atoms with E-state index >= 15 is 0 Å². The number of hydrogen-bond acceptors (Lipinski definition) is 8. The van der Waals surface area contributed by atoms with Crippen LogP contribution in [0.5, 0.6) is 11.5 Å². The number of anilines is 2. The van der Waals surface area contributed by atoms with Gasteiger partial charge in [0.05, 0.1) is 54.3 Å². The highest BCUT2D eigenvalue weighted by Gasteiger charge is 2.48. The van der Waals surface area contributed by atoms with Crippen molar-refractivity contribution < 1.29 is 23.7 Å². The summed E-state index contributed by atoms with van der Waals surface area (Å²) in [5, 5.41) is 4.51. The number of fused-ring (bicyclic) bond motifs is 2. The maximum Gasteiger partial charge on any atom is 0.163 e. The molecule has 2 radical (unpaired) electrons. The van der Waals surface area contributed by atoms with Crippen molar-refractivity contribution in [3.05, 3.63) is 40.6 Å². The van der Waals surface area contributed by atoms with Crippen LogP contribution >= 0.6 is 23.2 Å². The van der Waals surface area contributed by atoms with Crippen molar-refractivity contribution >= 4 is 58.9 Å². The fourth-order valence-corrected chi connectivity index (χ4v) is 4.69. The first-order valence-electron chi connectivity index (χ1n) is 10.7. The standard InChI is InChI=1S/C23H22BCl2N3O5/c1-30-16-5-12-15(27-10-28-23(12)29-14-4-3-13(24)19(25)20(14)26)6-17(16)32-7-11-8-33-22-18(31-2)9-34-21(11)22/h3-6,10-11,18,21-22H,7-9H2,1-2H3,(H,27,28,29)/t11-,18+,21-,22-/m1/s1. The lowest BCUT2D eigenvalue weighted by molar-refractivity contribution is -0.0104. The molecule has 176 valence electrons. The number of nitrogens with one attached hydrogen (secondary N) is 1. The molecule has 8 nitrogen and oxygen atoms in total. The maximum atomic E-state index is 6.35.